The van der Waals surface area contributed by atoms with Gasteiger partial charge >= 0.3 is 0 Å². The van der Waals surface area contributed by atoms with Crippen molar-refractivity contribution in [1.82, 2.24) is 54.4 Å². The van der Waals surface area contributed by atoms with Crippen molar-refractivity contribution in [2.24, 2.45) is 42.6 Å². The van der Waals surface area contributed by atoms with Crippen LogP contribution < -0.4 is 0 Å². The quantitative estimate of drug-likeness (QED) is 0.156. The van der Waals surface area contributed by atoms with Crippen LogP contribution in [0.2, 0.25) is 0 Å². The van der Waals surface area contributed by atoms with E-state index in [0.29, 0.717) is 5.92 Å². The lowest BCUT2D eigenvalue weighted by Crippen LogP contribution is -1.99. The summed E-state index contributed by atoms with van der Waals surface area (Å²) in [7, 11) is 2.07. The van der Waals surface area contributed by atoms with Crippen LogP contribution in [-0.2, 0) is 7.05 Å². The summed E-state index contributed by atoms with van der Waals surface area (Å²) in [4.78, 5) is 39.3. The number of benzene rings is 4. The van der Waals surface area contributed by atoms with E-state index in [1.54, 1.807) is 62.0 Å². The molecule has 7 aromatic heterocycles. The predicted octanol–water partition coefficient (Wildman–Crippen LogP) is 29.3. The normalized spacial score (nSPS) is 8.42. The zero-order chi connectivity index (χ0) is 78.0. The monoisotopic (exact) mass is 1390 g/mol. The minimum Gasteiger partial charge on any atom is -0.331 e. The number of hydrogen-bond acceptors (Lipinski definition) is 10. The first kappa shape index (κ1) is 117. The Morgan fingerprint density at radius 3 is 0.891 bits per heavy atom. The molecule has 0 aliphatic heterocycles. The molecule has 0 unspecified atom stereocenters. The number of nitrogens with zero attached hydrogens (tertiary/aromatic N) is 11. The first-order chi connectivity index (χ1) is 47.5. The summed E-state index contributed by atoms with van der Waals surface area (Å²) < 4.78 is 2.17. The first-order valence-corrected chi connectivity index (χ1v) is 36.9. The van der Waals surface area contributed by atoms with Crippen LogP contribution in [0.4, 0.5) is 0 Å². The third-order valence-corrected chi connectivity index (χ3v) is 8.34. The Kier molecular flexibility index (Phi) is 109. The summed E-state index contributed by atoms with van der Waals surface area (Å²) in [5.74, 6) is 6.64. The fourth-order valence-corrected chi connectivity index (χ4v) is 5.47. The fourth-order valence-electron chi connectivity index (χ4n) is 5.47. The molecule has 0 atom stereocenters. The zero-order valence-electron chi connectivity index (χ0n) is 69.8. The highest BCUT2D eigenvalue weighted by Gasteiger charge is 2.09. The standard InChI is InChI=1S/C11H14N2.2C9H7N.C8H6N2.C5H5N.2C4H4N2.6C4H10.7C2H6.2CH4/c1-8(2)11-12-9-6-4-5-7-10(9)13(11)3;1-2-6-9-8(4-1)5-3-7-10-9;1-2-4-9-7-10-6-5-8(9)3-1;1-2-4-8-7(3-1)5-9-6-10-8;1-2-4-6-5-3-1;1-2-6-4-3-5-1;1-2-5-4-6-3-1;6*1-4(2)3;7*1-2;;/h4-8H,1-3H3;2*1-7H;1-6H;1-5H;2*1-4H;6*4H,1-3H3;7*1-2H3;2*1H4. The molecule has 0 N–H and O–H groups in total. The smallest absolute Gasteiger partial charge is 0.116 e. The van der Waals surface area contributed by atoms with E-state index in [0.717, 1.165) is 63.3 Å². The number of aryl methyl sites for hydroxylation is 1. The van der Waals surface area contributed by atoms with E-state index >= 15 is 0 Å². The van der Waals surface area contributed by atoms with Gasteiger partial charge in [0.05, 0.1) is 22.1 Å². The first-order valence-electron chi connectivity index (χ1n) is 36.9. The Morgan fingerprint density at radius 2 is 0.574 bits per heavy atom. The number of aromatic nitrogens is 11. The Balaban J connectivity index is -0.0000000967. The topological polar surface area (TPSA) is 134 Å². The van der Waals surface area contributed by atoms with Crippen molar-refractivity contribution in [2.75, 3.05) is 0 Å². The lowest BCUT2D eigenvalue weighted by molar-refractivity contribution is 0.722. The van der Waals surface area contributed by atoms with E-state index in [1.165, 1.54) is 28.0 Å². The van der Waals surface area contributed by atoms with Gasteiger partial charge in [0.15, 0.2) is 0 Å². The lowest BCUT2D eigenvalue weighted by atomic mass is 10.2. The van der Waals surface area contributed by atoms with E-state index in [2.05, 4.69) is 236 Å². The third kappa shape index (κ3) is 89.8. The Hall–Kier alpha value is -8.18. The molecule has 7 heterocycles. The van der Waals surface area contributed by atoms with Gasteiger partial charge in [0, 0.05) is 98.1 Å². The molecule has 11 rings (SSSR count). The zero-order valence-corrected chi connectivity index (χ0v) is 69.8. The molecule has 0 aliphatic rings. The van der Waals surface area contributed by atoms with Gasteiger partial charge in [-0.15, -0.1) is 0 Å². The number of pyridine rings is 3. The summed E-state index contributed by atoms with van der Waals surface area (Å²) in [6.45, 7) is 71.3. The molecule has 0 saturated heterocycles. The maximum Gasteiger partial charge on any atom is 0.116 e. The lowest BCUT2D eigenvalue weighted by Gasteiger charge is -2.04. The van der Waals surface area contributed by atoms with Gasteiger partial charge in [0.25, 0.3) is 0 Å². The van der Waals surface area contributed by atoms with Crippen molar-refractivity contribution in [3.05, 3.63) is 232 Å². The van der Waals surface area contributed by atoms with Crippen LogP contribution in [0.25, 0.3) is 43.6 Å². The van der Waals surface area contributed by atoms with Crippen LogP contribution in [0.5, 0.6) is 0 Å². The predicted molar refractivity (Wildman–Crippen MR) is 462 cm³/mol. The molecule has 0 bridgehead atoms. The highest BCUT2D eigenvalue weighted by molar-refractivity contribution is 5.81. The molecular formula is C90H157N11. The molecule has 0 saturated carbocycles. The molecule has 0 aliphatic carbocycles. The maximum absolute atomic E-state index is 4.57. The minimum absolute atomic E-state index is 0. The third-order valence-electron chi connectivity index (χ3n) is 8.34. The molecule has 0 radical (unpaired) electrons. The molecule has 101 heavy (non-hydrogen) atoms. The summed E-state index contributed by atoms with van der Waals surface area (Å²) in [5.41, 5.74) is 4.36. The average Bonchev–Trinajstić information content (AvgIpc) is 1.67. The second-order valence-corrected chi connectivity index (χ2v) is 23.4. The Morgan fingerprint density at radius 1 is 0.248 bits per heavy atom. The molecule has 11 heteroatoms. The molecule has 4 aromatic carbocycles. The maximum atomic E-state index is 4.57. The van der Waals surface area contributed by atoms with Gasteiger partial charge in [-0.05, 0) is 101 Å². The van der Waals surface area contributed by atoms with E-state index < -0.39 is 0 Å². The summed E-state index contributed by atoms with van der Waals surface area (Å²) >= 11 is 0. The van der Waals surface area contributed by atoms with Gasteiger partial charge < -0.3 is 4.57 Å². The van der Waals surface area contributed by atoms with Crippen molar-refractivity contribution >= 4 is 43.6 Å². The van der Waals surface area contributed by atoms with E-state index in [9.17, 15) is 0 Å². The average molecular weight is 1390 g/mol. The number of rotatable bonds is 1. The van der Waals surface area contributed by atoms with E-state index in [1.807, 2.05) is 219 Å². The van der Waals surface area contributed by atoms with Crippen molar-refractivity contribution in [3.63, 3.8) is 0 Å². The van der Waals surface area contributed by atoms with Crippen molar-refractivity contribution in [3.8, 4) is 0 Å². The van der Waals surface area contributed by atoms with Crippen molar-refractivity contribution in [1.29, 1.82) is 0 Å². The number of para-hydroxylation sites is 4. The SMILES string of the molecule is C.C.CC.CC.CC.CC.CC.CC.CC.CC(C)C.CC(C)C.CC(C)C.CC(C)C.CC(C)C.CC(C)C.CC(C)c1nc2ccccc2n1C.c1ccc2cnccc2c1.c1ccc2ncccc2c1.c1ccc2ncncc2c1.c1ccncc1.c1cnccn1.c1cncnc1. The highest BCUT2D eigenvalue weighted by Crippen LogP contribution is 2.20. The molecule has 0 spiro atoms. The van der Waals surface area contributed by atoms with Crippen LogP contribution in [0.15, 0.2) is 227 Å². The van der Waals surface area contributed by atoms with E-state index in [-0.39, 0.29) is 14.9 Å². The van der Waals surface area contributed by atoms with Gasteiger partial charge in [0.1, 0.15) is 18.5 Å². The minimum atomic E-state index is 0. The Labute approximate surface area is 625 Å². The van der Waals surface area contributed by atoms with E-state index in [4.69, 9.17) is 0 Å². The van der Waals surface area contributed by atoms with Gasteiger partial charge in [-0.1, -0.05) is 335 Å². The fraction of sp³-hybridized carbons (Fsp3) is 0.489. The molecular weight excluding hydrogens is 1240 g/mol. The van der Waals surface area contributed by atoms with Crippen LogP contribution in [-0.4, -0.2) is 54.4 Å². The number of fused-ring (bicyclic) bond motifs is 4. The van der Waals surface area contributed by atoms with Gasteiger partial charge in [0.2, 0.25) is 0 Å². The Bertz CT molecular complexity index is 2560. The van der Waals surface area contributed by atoms with Crippen molar-refractivity contribution < 1.29 is 0 Å². The second kappa shape index (κ2) is 93.9. The molecule has 0 fully saturated rings. The van der Waals surface area contributed by atoms with Gasteiger partial charge in [-0.3, -0.25) is 24.9 Å². The summed E-state index contributed by atoms with van der Waals surface area (Å²) in [6.07, 6.45) is 23.8. The highest BCUT2D eigenvalue weighted by atomic mass is 15.1. The van der Waals surface area contributed by atoms with Crippen molar-refractivity contribution in [2.45, 2.75) is 256 Å². The largest absolute Gasteiger partial charge is 0.331 e. The van der Waals surface area contributed by atoms with Gasteiger partial charge in [-0.2, -0.15) is 0 Å². The molecule has 11 aromatic rings. The van der Waals surface area contributed by atoms with Crippen LogP contribution in [0, 0.1) is 35.5 Å². The number of hydrogen-bond donors (Lipinski definition) is 0. The summed E-state index contributed by atoms with van der Waals surface area (Å²) in [5, 5.41) is 4.73. The van der Waals surface area contributed by atoms with Crippen LogP contribution in [0.3, 0.4) is 0 Å². The molecule has 11 nitrogen and oxygen atoms in total. The molecule has 0 amide bonds. The number of imidazole rings is 1. The molecule has 572 valence electrons. The summed E-state index contributed by atoms with van der Waals surface area (Å²) in [6, 6.07) is 45.9. The second-order valence-electron chi connectivity index (χ2n) is 23.4. The van der Waals surface area contributed by atoms with Gasteiger partial charge in [-0.25, -0.2) is 24.9 Å². The van der Waals surface area contributed by atoms with Crippen LogP contribution >= 0.6 is 0 Å². The van der Waals surface area contributed by atoms with Crippen LogP contribution in [0.1, 0.15) is 262 Å².